The molecule has 9 heteroatoms. The van der Waals surface area contributed by atoms with E-state index in [4.69, 9.17) is 10.5 Å². The van der Waals surface area contributed by atoms with Crippen LogP contribution < -0.4 is 21.1 Å². The Bertz CT molecular complexity index is 935. The van der Waals surface area contributed by atoms with Crippen molar-refractivity contribution in [1.82, 2.24) is 24.7 Å². The van der Waals surface area contributed by atoms with E-state index in [0.29, 0.717) is 23.6 Å². The van der Waals surface area contributed by atoms with Crippen LogP contribution in [0, 0.1) is 0 Å². The molecule has 1 saturated carbocycles. The highest BCUT2D eigenvalue weighted by molar-refractivity contribution is 5.63. The normalized spacial score (nSPS) is 14.6. The highest BCUT2D eigenvalue weighted by Crippen LogP contribution is 2.26. The van der Waals surface area contributed by atoms with Gasteiger partial charge in [0.2, 0.25) is 11.9 Å². The lowest BCUT2D eigenvalue weighted by atomic mass is 9.95. The van der Waals surface area contributed by atoms with Crippen molar-refractivity contribution in [3.63, 3.8) is 0 Å². The first-order valence-electron chi connectivity index (χ1n) is 9.44. The van der Waals surface area contributed by atoms with Gasteiger partial charge in [0.05, 0.1) is 12.8 Å². The Kier molecular flexibility index (Phi) is 5.22. The average molecular weight is 380 g/mol. The topological polar surface area (TPSA) is 116 Å². The second-order valence-corrected chi connectivity index (χ2v) is 6.77. The van der Waals surface area contributed by atoms with Crippen molar-refractivity contribution in [3.8, 4) is 11.6 Å². The molecule has 1 fully saturated rings. The molecule has 28 heavy (non-hydrogen) atoms. The van der Waals surface area contributed by atoms with Gasteiger partial charge in [0.1, 0.15) is 17.9 Å². The number of para-hydroxylation sites is 2. The van der Waals surface area contributed by atoms with Gasteiger partial charge in [-0.25, -0.2) is 9.97 Å². The molecule has 146 valence electrons. The summed E-state index contributed by atoms with van der Waals surface area (Å²) >= 11 is 0. The van der Waals surface area contributed by atoms with Crippen molar-refractivity contribution >= 4 is 23.4 Å². The van der Waals surface area contributed by atoms with Gasteiger partial charge in [-0.1, -0.05) is 31.4 Å². The number of rotatable bonds is 6. The van der Waals surface area contributed by atoms with Gasteiger partial charge in [-0.2, -0.15) is 9.67 Å². The Hall–Kier alpha value is -3.36. The fraction of sp³-hybridized carbons (Fsp3) is 0.368. The van der Waals surface area contributed by atoms with Crippen LogP contribution in [0.1, 0.15) is 32.1 Å². The molecule has 2 aromatic heterocycles. The first-order valence-corrected chi connectivity index (χ1v) is 9.44. The van der Waals surface area contributed by atoms with Crippen molar-refractivity contribution in [3.05, 3.63) is 36.7 Å². The molecule has 0 aliphatic heterocycles. The van der Waals surface area contributed by atoms with Gasteiger partial charge in [0, 0.05) is 12.1 Å². The first-order chi connectivity index (χ1) is 13.7. The minimum atomic E-state index is 0.236. The molecule has 9 nitrogen and oxygen atoms in total. The lowest BCUT2D eigenvalue weighted by Gasteiger charge is -2.23. The number of anilines is 4. The average Bonchev–Trinajstić information content (AvgIpc) is 3.09. The summed E-state index contributed by atoms with van der Waals surface area (Å²) in [5.41, 5.74) is 6.82. The van der Waals surface area contributed by atoms with E-state index in [-0.39, 0.29) is 5.95 Å². The lowest BCUT2D eigenvalue weighted by molar-refractivity contribution is 0.417. The maximum atomic E-state index is 6.07. The maximum absolute atomic E-state index is 6.07. The summed E-state index contributed by atoms with van der Waals surface area (Å²) in [6.07, 6.45) is 7.66. The zero-order chi connectivity index (χ0) is 19.3. The molecular weight excluding hydrogens is 356 g/mol. The minimum absolute atomic E-state index is 0.236. The summed E-state index contributed by atoms with van der Waals surface area (Å²) in [5.74, 6) is 2.62. The van der Waals surface area contributed by atoms with Gasteiger partial charge in [0.25, 0.3) is 0 Å². The number of hydrogen-bond donors (Lipinski definition) is 3. The van der Waals surface area contributed by atoms with Crippen molar-refractivity contribution in [2.75, 3.05) is 23.5 Å². The van der Waals surface area contributed by atoms with Crippen LogP contribution in [0.2, 0.25) is 0 Å². The highest BCUT2D eigenvalue weighted by Gasteiger charge is 2.16. The molecule has 1 aromatic carbocycles. The van der Waals surface area contributed by atoms with Crippen LogP contribution >= 0.6 is 0 Å². The summed E-state index contributed by atoms with van der Waals surface area (Å²) in [4.78, 5) is 12.9. The Morgan fingerprint density at radius 1 is 1.14 bits per heavy atom. The van der Waals surface area contributed by atoms with E-state index in [1.165, 1.54) is 30.3 Å². The smallest absolute Gasteiger partial charge is 0.249 e. The van der Waals surface area contributed by atoms with Gasteiger partial charge in [-0.3, -0.25) is 0 Å². The molecule has 0 spiro atoms. The monoisotopic (exact) mass is 380 g/mol. The third-order valence-electron chi connectivity index (χ3n) is 4.81. The minimum Gasteiger partial charge on any atom is -0.495 e. The predicted molar refractivity (Wildman–Crippen MR) is 108 cm³/mol. The number of nitrogens with zero attached hydrogens (tertiary/aromatic N) is 5. The molecule has 0 bridgehead atoms. The zero-order valence-corrected chi connectivity index (χ0v) is 15.8. The number of hydrogen-bond acceptors (Lipinski definition) is 8. The fourth-order valence-electron chi connectivity index (χ4n) is 3.41. The molecule has 1 aliphatic carbocycles. The van der Waals surface area contributed by atoms with Crippen LogP contribution in [-0.4, -0.2) is 37.9 Å². The van der Waals surface area contributed by atoms with E-state index in [2.05, 4.69) is 30.7 Å². The molecule has 3 aromatic rings. The summed E-state index contributed by atoms with van der Waals surface area (Å²) in [5, 5.41) is 11.0. The summed E-state index contributed by atoms with van der Waals surface area (Å²) in [6, 6.07) is 9.83. The fourth-order valence-corrected chi connectivity index (χ4v) is 3.41. The number of nitrogen functional groups attached to an aromatic ring is 1. The maximum Gasteiger partial charge on any atom is 0.249 e. The van der Waals surface area contributed by atoms with Crippen LogP contribution in [0.4, 0.5) is 23.4 Å². The van der Waals surface area contributed by atoms with Gasteiger partial charge in [0.15, 0.2) is 5.82 Å². The SMILES string of the molecule is COc1ccccc1Nc1nc(N)n(-c2cc(NC3CCCCC3)ncn2)n1. The molecule has 4 rings (SSSR count). The van der Waals surface area contributed by atoms with E-state index in [1.807, 2.05) is 30.3 Å². The van der Waals surface area contributed by atoms with Crippen LogP contribution in [-0.2, 0) is 0 Å². The Morgan fingerprint density at radius 3 is 2.79 bits per heavy atom. The van der Waals surface area contributed by atoms with Gasteiger partial charge in [-0.15, -0.1) is 5.10 Å². The van der Waals surface area contributed by atoms with Crippen molar-refractivity contribution in [2.45, 2.75) is 38.1 Å². The largest absolute Gasteiger partial charge is 0.495 e. The number of benzene rings is 1. The quantitative estimate of drug-likeness (QED) is 0.597. The second kappa shape index (κ2) is 8.12. The molecule has 0 atom stereocenters. The third-order valence-corrected chi connectivity index (χ3v) is 4.81. The third kappa shape index (κ3) is 3.98. The van der Waals surface area contributed by atoms with Crippen LogP contribution in [0.3, 0.4) is 0 Å². The van der Waals surface area contributed by atoms with E-state index in [0.717, 1.165) is 24.3 Å². The van der Waals surface area contributed by atoms with E-state index < -0.39 is 0 Å². The molecule has 1 aliphatic rings. The molecule has 0 unspecified atom stereocenters. The molecule has 0 radical (unpaired) electrons. The highest BCUT2D eigenvalue weighted by atomic mass is 16.5. The second-order valence-electron chi connectivity index (χ2n) is 6.77. The molecule has 2 heterocycles. The molecule has 0 amide bonds. The standard InChI is InChI=1S/C19H24N8O/c1-28-15-10-6-5-9-14(15)24-19-25-18(20)27(26-19)17-11-16(21-12-22-17)23-13-7-3-2-4-8-13/h5-6,9-13H,2-4,7-8H2,1H3,(H,21,22,23)(H3,20,24,25,26). The summed E-state index contributed by atoms with van der Waals surface area (Å²) < 4.78 is 6.83. The van der Waals surface area contributed by atoms with Crippen LogP contribution in [0.5, 0.6) is 5.75 Å². The summed E-state index contributed by atoms with van der Waals surface area (Å²) in [7, 11) is 1.61. The van der Waals surface area contributed by atoms with Crippen molar-refractivity contribution < 1.29 is 4.74 Å². The first kappa shape index (κ1) is 18.0. The molecule has 4 N–H and O–H groups in total. The van der Waals surface area contributed by atoms with E-state index in [9.17, 15) is 0 Å². The van der Waals surface area contributed by atoms with Gasteiger partial charge < -0.3 is 21.1 Å². The summed E-state index contributed by atoms with van der Waals surface area (Å²) in [6.45, 7) is 0. The Balaban J connectivity index is 1.54. The molecular formula is C19H24N8O. The van der Waals surface area contributed by atoms with Crippen LogP contribution in [0.25, 0.3) is 5.82 Å². The van der Waals surface area contributed by atoms with E-state index in [1.54, 1.807) is 7.11 Å². The number of nitrogens with two attached hydrogens (primary N) is 1. The van der Waals surface area contributed by atoms with Crippen LogP contribution in [0.15, 0.2) is 36.7 Å². The number of methoxy groups -OCH3 is 1. The Morgan fingerprint density at radius 2 is 1.96 bits per heavy atom. The lowest BCUT2D eigenvalue weighted by Crippen LogP contribution is -2.23. The number of aromatic nitrogens is 5. The molecule has 0 saturated heterocycles. The number of ether oxygens (including phenoxy) is 1. The van der Waals surface area contributed by atoms with Gasteiger partial charge in [-0.05, 0) is 25.0 Å². The number of nitrogens with one attached hydrogen (secondary N) is 2. The Labute approximate surface area is 163 Å². The van der Waals surface area contributed by atoms with Gasteiger partial charge >= 0.3 is 0 Å². The zero-order valence-electron chi connectivity index (χ0n) is 15.8. The van der Waals surface area contributed by atoms with Crippen molar-refractivity contribution in [1.29, 1.82) is 0 Å². The van der Waals surface area contributed by atoms with Crippen molar-refractivity contribution in [2.24, 2.45) is 0 Å². The predicted octanol–water partition coefficient (Wildman–Crippen LogP) is 3.14. The van der Waals surface area contributed by atoms with E-state index >= 15 is 0 Å².